The van der Waals surface area contributed by atoms with Crippen LogP contribution in [0.5, 0.6) is 0 Å². The monoisotopic (exact) mass is 330 g/mol. The molecule has 0 bridgehead atoms. The summed E-state index contributed by atoms with van der Waals surface area (Å²) in [5, 5.41) is 4.04. The van der Waals surface area contributed by atoms with Gasteiger partial charge in [0.1, 0.15) is 9.90 Å². The van der Waals surface area contributed by atoms with E-state index in [0.29, 0.717) is 17.1 Å². The van der Waals surface area contributed by atoms with Crippen molar-refractivity contribution in [2.24, 2.45) is 0 Å². The SMILES string of the molecule is CCS(=O)(=O)c1c(N)nsc1NC1CCN2CCCCC12. The molecule has 3 heterocycles. The van der Waals surface area contributed by atoms with Crippen LogP contribution in [0.3, 0.4) is 0 Å². The average Bonchev–Trinajstić information content (AvgIpc) is 3.04. The van der Waals surface area contributed by atoms with Crippen LogP contribution in [-0.4, -0.2) is 48.6 Å². The highest BCUT2D eigenvalue weighted by molar-refractivity contribution is 7.91. The number of aromatic nitrogens is 1. The molecular weight excluding hydrogens is 308 g/mol. The van der Waals surface area contributed by atoms with Gasteiger partial charge in [0, 0.05) is 18.6 Å². The standard InChI is InChI=1S/C13H22N4O2S2/c1-2-21(18,19)11-12(14)16-20-13(11)15-9-6-8-17-7-4-3-5-10(9)17/h9-10,15H,2-8H2,1H3,(H2,14,16). The quantitative estimate of drug-likeness (QED) is 0.871. The Kier molecular flexibility index (Phi) is 4.11. The zero-order valence-electron chi connectivity index (χ0n) is 12.2. The second-order valence-corrected chi connectivity index (χ2v) is 8.76. The third-order valence-corrected chi connectivity index (χ3v) is 7.25. The van der Waals surface area contributed by atoms with Gasteiger partial charge in [-0.25, -0.2) is 8.42 Å². The molecule has 0 aromatic carbocycles. The molecule has 0 saturated carbocycles. The van der Waals surface area contributed by atoms with Crippen LogP contribution < -0.4 is 11.1 Å². The third kappa shape index (κ3) is 2.76. The molecule has 0 spiro atoms. The first-order chi connectivity index (χ1) is 10.0. The van der Waals surface area contributed by atoms with Crippen LogP contribution in [0.1, 0.15) is 32.6 Å². The lowest BCUT2D eigenvalue weighted by atomic mass is 9.99. The average molecular weight is 330 g/mol. The molecule has 2 atom stereocenters. The maximum absolute atomic E-state index is 12.2. The molecule has 0 radical (unpaired) electrons. The summed E-state index contributed by atoms with van der Waals surface area (Å²) in [7, 11) is -3.34. The Balaban J connectivity index is 1.83. The minimum atomic E-state index is -3.34. The molecule has 1 aromatic rings. The lowest BCUT2D eigenvalue weighted by Crippen LogP contribution is -2.41. The van der Waals surface area contributed by atoms with Gasteiger partial charge in [-0.1, -0.05) is 13.3 Å². The second-order valence-electron chi connectivity index (χ2n) is 5.77. The Bertz CT molecular complexity index is 614. The summed E-state index contributed by atoms with van der Waals surface area (Å²) in [6, 6.07) is 0.815. The van der Waals surface area contributed by atoms with Crippen LogP contribution in [0.25, 0.3) is 0 Å². The number of nitrogens with one attached hydrogen (secondary N) is 1. The van der Waals surface area contributed by atoms with E-state index in [-0.39, 0.29) is 16.5 Å². The van der Waals surface area contributed by atoms with Crippen molar-refractivity contribution in [1.29, 1.82) is 0 Å². The van der Waals surface area contributed by atoms with Crippen molar-refractivity contribution in [2.75, 3.05) is 29.9 Å². The molecule has 2 unspecified atom stereocenters. The van der Waals surface area contributed by atoms with Gasteiger partial charge < -0.3 is 11.1 Å². The highest BCUT2D eigenvalue weighted by Gasteiger charge is 2.36. The van der Waals surface area contributed by atoms with Gasteiger partial charge in [0.05, 0.1) is 5.75 Å². The Morgan fingerprint density at radius 3 is 2.95 bits per heavy atom. The summed E-state index contributed by atoms with van der Waals surface area (Å²) >= 11 is 1.16. The summed E-state index contributed by atoms with van der Waals surface area (Å²) in [5.41, 5.74) is 5.78. The first kappa shape index (κ1) is 15.1. The molecule has 118 valence electrons. The number of nitrogens with two attached hydrogens (primary N) is 1. The van der Waals surface area contributed by atoms with Crippen LogP contribution in [0.2, 0.25) is 0 Å². The van der Waals surface area contributed by atoms with E-state index in [1.165, 1.54) is 19.3 Å². The molecular formula is C13H22N4O2S2. The van der Waals surface area contributed by atoms with Gasteiger partial charge in [-0.05, 0) is 37.3 Å². The Morgan fingerprint density at radius 2 is 2.19 bits per heavy atom. The second kappa shape index (κ2) is 5.73. The highest BCUT2D eigenvalue weighted by atomic mass is 32.2. The topological polar surface area (TPSA) is 88.3 Å². The largest absolute Gasteiger partial charge is 0.382 e. The van der Waals surface area contributed by atoms with Crippen LogP contribution in [0.15, 0.2) is 4.90 Å². The van der Waals surface area contributed by atoms with Crippen LogP contribution in [-0.2, 0) is 9.84 Å². The zero-order chi connectivity index (χ0) is 15.0. The van der Waals surface area contributed by atoms with Crippen molar-refractivity contribution in [2.45, 2.75) is 49.6 Å². The number of hydrogen-bond acceptors (Lipinski definition) is 7. The van der Waals surface area contributed by atoms with E-state index in [1.54, 1.807) is 6.92 Å². The van der Waals surface area contributed by atoms with Gasteiger partial charge in [-0.15, -0.1) is 0 Å². The number of hydrogen-bond donors (Lipinski definition) is 2. The fourth-order valence-corrected chi connectivity index (χ4v) is 5.63. The van der Waals surface area contributed by atoms with Crippen LogP contribution in [0.4, 0.5) is 10.8 Å². The molecule has 2 saturated heterocycles. The molecule has 6 nitrogen and oxygen atoms in total. The van der Waals surface area contributed by atoms with Gasteiger partial charge >= 0.3 is 0 Å². The summed E-state index contributed by atoms with van der Waals surface area (Å²) in [4.78, 5) is 2.71. The van der Waals surface area contributed by atoms with Crippen LogP contribution >= 0.6 is 11.5 Å². The lowest BCUT2D eigenvalue weighted by Gasteiger charge is -2.32. The summed E-state index contributed by atoms with van der Waals surface area (Å²) < 4.78 is 28.4. The molecule has 8 heteroatoms. The summed E-state index contributed by atoms with van der Waals surface area (Å²) in [5.74, 6) is 0.174. The van der Waals surface area contributed by atoms with Gasteiger partial charge in [0.2, 0.25) is 0 Å². The fourth-order valence-electron chi connectivity index (χ4n) is 3.41. The molecule has 2 aliphatic heterocycles. The Morgan fingerprint density at radius 1 is 1.38 bits per heavy atom. The minimum Gasteiger partial charge on any atom is -0.382 e. The van der Waals surface area contributed by atoms with Crippen molar-refractivity contribution in [1.82, 2.24) is 9.27 Å². The maximum Gasteiger partial charge on any atom is 0.184 e. The predicted molar refractivity (Wildman–Crippen MR) is 85.5 cm³/mol. The van der Waals surface area contributed by atoms with Crippen LogP contribution in [0, 0.1) is 0 Å². The van der Waals surface area contributed by atoms with Gasteiger partial charge in [0.25, 0.3) is 0 Å². The lowest BCUT2D eigenvalue weighted by molar-refractivity contribution is 0.193. The smallest absolute Gasteiger partial charge is 0.184 e. The fraction of sp³-hybridized carbons (Fsp3) is 0.769. The molecule has 1 aromatic heterocycles. The molecule has 2 aliphatic rings. The van der Waals surface area contributed by atoms with Gasteiger partial charge in [-0.2, -0.15) is 4.37 Å². The van der Waals surface area contributed by atoms with E-state index in [2.05, 4.69) is 14.6 Å². The minimum absolute atomic E-state index is 0.0461. The number of nitrogen functional groups attached to an aromatic ring is 1. The Labute approximate surface area is 129 Å². The van der Waals surface area contributed by atoms with Gasteiger partial charge in [0.15, 0.2) is 15.7 Å². The van der Waals surface area contributed by atoms with E-state index in [4.69, 9.17) is 5.73 Å². The third-order valence-electron chi connectivity index (χ3n) is 4.54. The van der Waals surface area contributed by atoms with Crippen molar-refractivity contribution in [3.63, 3.8) is 0 Å². The number of nitrogens with zero attached hydrogens (tertiary/aromatic N) is 2. The van der Waals surface area contributed by atoms with Gasteiger partial charge in [-0.3, -0.25) is 4.90 Å². The van der Waals surface area contributed by atoms with Crippen molar-refractivity contribution < 1.29 is 8.42 Å². The summed E-state index contributed by atoms with van der Waals surface area (Å²) in [6.45, 7) is 3.88. The van der Waals surface area contributed by atoms with Crippen molar-refractivity contribution in [3.05, 3.63) is 0 Å². The maximum atomic E-state index is 12.2. The van der Waals surface area contributed by atoms with E-state index in [1.807, 2.05) is 0 Å². The van der Waals surface area contributed by atoms with E-state index >= 15 is 0 Å². The number of sulfone groups is 1. The molecule has 21 heavy (non-hydrogen) atoms. The molecule has 3 N–H and O–H groups in total. The first-order valence-electron chi connectivity index (χ1n) is 7.51. The number of piperidine rings is 1. The zero-order valence-corrected chi connectivity index (χ0v) is 13.8. The van der Waals surface area contributed by atoms with E-state index in [9.17, 15) is 8.42 Å². The van der Waals surface area contributed by atoms with E-state index < -0.39 is 9.84 Å². The normalized spacial score (nSPS) is 26.7. The molecule has 2 fully saturated rings. The summed E-state index contributed by atoms with van der Waals surface area (Å²) in [6.07, 6.45) is 4.76. The predicted octanol–water partition coefficient (Wildman–Crippen LogP) is 1.56. The number of rotatable bonds is 4. The van der Waals surface area contributed by atoms with Crippen molar-refractivity contribution in [3.8, 4) is 0 Å². The van der Waals surface area contributed by atoms with E-state index in [0.717, 1.165) is 31.0 Å². The highest BCUT2D eigenvalue weighted by Crippen LogP contribution is 2.36. The number of anilines is 2. The molecule has 3 rings (SSSR count). The Hall–Kier alpha value is -0.860. The first-order valence-corrected chi connectivity index (χ1v) is 9.94. The number of fused-ring (bicyclic) bond motifs is 1. The van der Waals surface area contributed by atoms with Crippen molar-refractivity contribution >= 4 is 32.2 Å². The molecule has 0 aliphatic carbocycles. The molecule has 0 amide bonds.